The molecule has 1 fully saturated rings. The van der Waals surface area contributed by atoms with Gasteiger partial charge in [-0.2, -0.15) is 5.21 Å². The smallest absolute Gasteiger partial charge is 0.410 e. The van der Waals surface area contributed by atoms with E-state index in [-0.39, 0.29) is 0 Å². The second-order valence-corrected chi connectivity index (χ2v) is 5.54. The molecule has 0 saturated heterocycles. The molecule has 1 saturated carbocycles. The van der Waals surface area contributed by atoms with Crippen molar-refractivity contribution in [3.05, 3.63) is 24.3 Å². The zero-order chi connectivity index (χ0) is 15.2. The minimum Gasteiger partial charge on any atom is -0.410 e. The highest BCUT2D eigenvalue weighted by atomic mass is 16.6. The number of hydrogen-bond donors (Lipinski definition) is 2. The molecule has 1 aliphatic rings. The zero-order valence-corrected chi connectivity index (χ0v) is 12.3. The molecular weight excluding hydrogens is 282 g/mol. The van der Waals surface area contributed by atoms with Gasteiger partial charge in [0.2, 0.25) is 5.82 Å². The van der Waals surface area contributed by atoms with E-state index in [4.69, 9.17) is 4.74 Å². The molecule has 116 valence electrons. The van der Waals surface area contributed by atoms with Crippen LogP contribution in [0.15, 0.2) is 24.3 Å². The summed E-state index contributed by atoms with van der Waals surface area (Å²) in [6.07, 6.45) is 5.78. The van der Waals surface area contributed by atoms with Crippen molar-refractivity contribution >= 4 is 6.09 Å². The van der Waals surface area contributed by atoms with Gasteiger partial charge in [0.1, 0.15) is 5.75 Å². The minimum atomic E-state index is -0.421. The third kappa shape index (κ3) is 3.81. The molecule has 1 aromatic heterocycles. The standard InChI is InChI=1S/C15H19N5O2/c21-15(16-10-11-5-2-1-3-6-11)22-13-8-4-7-12(9-13)14-17-19-20-18-14/h4,7-9,11H,1-3,5-6,10H2,(H,16,21)(H,17,18,19,20). The molecule has 0 unspecified atom stereocenters. The van der Waals surface area contributed by atoms with Crippen molar-refractivity contribution in [1.29, 1.82) is 0 Å². The number of carbonyl (C=O) groups is 1. The Kier molecular flexibility index (Phi) is 4.62. The van der Waals surface area contributed by atoms with Gasteiger partial charge in [-0.15, -0.1) is 10.2 Å². The van der Waals surface area contributed by atoms with Crippen LogP contribution in [-0.2, 0) is 0 Å². The molecule has 1 amide bonds. The van der Waals surface area contributed by atoms with Crippen molar-refractivity contribution in [2.45, 2.75) is 32.1 Å². The molecule has 2 aromatic rings. The largest absolute Gasteiger partial charge is 0.412 e. The molecule has 0 bridgehead atoms. The van der Waals surface area contributed by atoms with E-state index in [1.807, 2.05) is 6.07 Å². The fraction of sp³-hybridized carbons (Fsp3) is 0.467. The number of rotatable bonds is 4. The first-order chi connectivity index (χ1) is 10.8. The van der Waals surface area contributed by atoms with Crippen LogP contribution in [0.3, 0.4) is 0 Å². The Morgan fingerprint density at radius 2 is 2.18 bits per heavy atom. The first kappa shape index (κ1) is 14.5. The van der Waals surface area contributed by atoms with E-state index in [0.29, 0.717) is 24.0 Å². The number of carbonyl (C=O) groups excluding carboxylic acids is 1. The maximum atomic E-state index is 11.9. The number of nitrogens with zero attached hydrogens (tertiary/aromatic N) is 3. The highest BCUT2D eigenvalue weighted by molar-refractivity contribution is 5.71. The van der Waals surface area contributed by atoms with Gasteiger partial charge < -0.3 is 10.1 Å². The second kappa shape index (κ2) is 7.02. The Morgan fingerprint density at radius 3 is 2.95 bits per heavy atom. The van der Waals surface area contributed by atoms with Crippen molar-refractivity contribution in [2.24, 2.45) is 5.92 Å². The molecule has 0 aliphatic heterocycles. The Morgan fingerprint density at radius 1 is 1.32 bits per heavy atom. The molecule has 7 heteroatoms. The van der Waals surface area contributed by atoms with Crippen LogP contribution in [-0.4, -0.2) is 33.3 Å². The average molecular weight is 301 g/mol. The predicted octanol–water partition coefficient (Wildman–Crippen LogP) is 2.54. The van der Waals surface area contributed by atoms with Crippen LogP contribution in [0.25, 0.3) is 11.4 Å². The number of H-pyrrole nitrogens is 1. The van der Waals surface area contributed by atoms with E-state index < -0.39 is 6.09 Å². The zero-order valence-electron chi connectivity index (χ0n) is 12.3. The number of nitrogens with one attached hydrogen (secondary N) is 2. The molecular formula is C15H19N5O2. The lowest BCUT2D eigenvalue weighted by atomic mass is 9.89. The van der Waals surface area contributed by atoms with E-state index in [1.54, 1.807) is 18.2 Å². The Bertz CT molecular complexity index is 608. The van der Waals surface area contributed by atoms with Gasteiger partial charge in [-0.25, -0.2) is 4.79 Å². The van der Waals surface area contributed by atoms with Crippen LogP contribution in [0.2, 0.25) is 0 Å². The van der Waals surface area contributed by atoms with Crippen LogP contribution in [0.4, 0.5) is 4.79 Å². The van der Waals surface area contributed by atoms with Crippen LogP contribution in [0, 0.1) is 5.92 Å². The van der Waals surface area contributed by atoms with Gasteiger partial charge in [0.15, 0.2) is 0 Å². The van der Waals surface area contributed by atoms with Crippen molar-refractivity contribution in [2.75, 3.05) is 6.54 Å². The normalized spacial score (nSPS) is 15.5. The summed E-state index contributed by atoms with van der Waals surface area (Å²) in [5, 5.41) is 16.6. The number of benzene rings is 1. The van der Waals surface area contributed by atoms with E-state index in [0.717, 1.165) is 5.56 Å². The van der Waals surface area contributed by atoms with Crippen molar-refractivity contribution in [1.82, 2.24) is 25.9 Å². The molecule has 0 radical (unpaired) electrons. The maximum absolute atomic E-state index is 11.9. The SMILES string of the molecule is O=C(NCC1CCCCC1)Oc1cccc(-c2nn[nH]n2)c1. The van der Waals surface area contributed by atoms with Crippen LogP contribution in [0.5, 0.6) is 5.75 Å². The lowest BCUT2D eigenvalue weighted by Crippen LogP contribution is -2.32. The molecule has 1 aliphatic carbocycles. The molecule has 1 aromatic carbocycles. The predicted molar refractivity (Wildman–Crippen MR) is 80.2 cm³/mol. The summed E-state index contributed by atoms with van der Waals surface area (Å²) in [4.78, 5) is 11.9. The van der Waals surface area contributed by atoms with Crippen LogP contribution < -0.4 is 10.1 Å². The third-order valence-corrected chi connectivity index (χ3v) is 3.91. The molecule has 22 heavy (non-hydrogen) atoms. The Labute approximate surface area is 128 Å². The van der Waals surface area contributed by atoms with E-state index in [2.05, 4.69) is 25.9 Å². The van der Waals surface area contributed by atoms with E-state index >= 15 is 0 Å². The van der Waals surface area contributed by atoms with E-state index in [9.17, 15) is 4.79 Å². The lowest BCUT2D eigenvalue weighted by Gasteiger charge is -2.21. The third-order valence-electron chi connectivity index (χ3n) is 3.91. The number of tetrazole rings is 1. The van der Waals surface area contributed by atoms with Crippen molar-refractivity contribution in [3.8, 4) is 17.1 Å². The summed E-state index contributed by atoms with van der Waals surface area (Å²) in [5.74, 6) is 1.50. The Balaban J connectivity index is 1.54. The first-order valence-electron chi connectivity index (χ1n) is 7.61. The molecule has 7 nitrogen and oxygen atoms in total. The van der Waals surface area contributed by atoms with Gasteiger partial charge in [0.25, 0.3) is 0 Å². The average Bonchev–Trinajstić information content (AvgIpc) is 3.09. The summed E-state index contributed by atoms with van der Waals surface area (Å²) >= 11 is 0. The lowest BCUT2D eigenvalue weighted by molar-refractivity contribution is 0.196. The summed E-state index contributed by atoms with van der Waals surface area (Å²) in [6, 6.07) is 7.06. The van der Waals surface area contributed by atoms with Gasteiger partial charge in [0.05, 0.1) is 0 Å². The summed E-state index contributed by atoms with van der Waals surface area (Å²) < 4.78 is 5.31. The van der Waals surface area contributed by atoms with Gasteiger partial charge in [-0.1, -0.05) is 31.4 Å². The number of hydrogen-bond acceptors (Lipinski definition) is 5. The quantitative estimate of drug-likeness (QED) is 0.905. The summed E-state index contributed by atoms with van der Waals surface area (Å²) in [5.41, 5.74) is 0.742. The van der Waals surface area contributed by atoms with Crippen molar-refractivity contribution in [3.63, 3.8) is 0 Å². The fourth-order valence-corrected chi connectivity index (χ4v) is 2.74. The van der Waals surface area contributed by atoms with Crippen LogP contribution >= 0.6 is 0 Å². The second-order valence-electron chi connectivity index (χ2n) is 5.54. The molecule has 0 spiro atoms. The molecule has 0 atom stereocenters. The van der Waals surface area contributed by atoms with Gasteiger partial charge in [-0.05, 0) is 36.1 Å². The number of aromatic amines is 1. The molecule has 3 rings (SSSR count). The van der Waals surface area contributed by atoms with Gasteiger partial charge in [-0.3, -0.25) is 0 Å². The maximum Gasteiger partial charge on any atom is 0.412 e. The van der Waals surface area contributed by atoms with Gasteiger partial charge >= 0.3 is 6.09 Å². The summed E-state index contributed by atoms with van der Waals surface area (Å²) in [7, 11) is 0. The topological polar surface area (TPSA) is 92.8 Å². The van der Waals surface area contributed by atoms with Gasteiger partial charge in [0, 0.05) is 12.1 Å². The number of ether oxygens (including phenoxy) is 1. The summed E-state index contributed by atoms with van der Waals surface area (Å²) in [6.45, 7) is 0.684. The number of amides is 1. The molecule has 2 N–H and O–H groups in total. The highest BCUT2D eigenvalue weighted by Crippen LogP contribution is 2.23. The number of aromatic nitrogens is 4. The van der Waals surface area contributed by atoms with E-state index in [1.165, 1.54) is 32.1 Å². The minimum absolute atomic E-state index is 0.421. The van der Waals surface area contributed by atoms with Crippen molar-refractivity contribution < 1.29 is 9.53 Å². The monoisotopic (exact) mass is 301 g/mol. The van der Waals surface area contributed by atoms with Crippen LogP contribution in [0.1, 0.15) is 32.1 Å². The fourth-order valence-electron chi connectivity index (χ4n) is 2.74. The highest BCUT2D eigenvalue weighted by Gasteiger charge is 2.15. The first-order valence-corrected chi connectivity index (χ1v) is 7.61. The Hall–Kier alpha value is -2.44. The molecule has 1 heterocycles.